The molecule has 1 aromatic heterocycles. The first kappa shape index (κ1) is 21.7. The third kappa shape index (κ3) is 4.87. The fourth-order valence-corrected chi connectivity index (χ4v) is 4.28. The maximum atomic E-state index is 13.0. The van der Waals surface area contributed by atoms with Gasteiger partial charge in [-0.25, -0.2) is 4.98 Å². The lowest BCUT2D eigenvalue weighted by Gasteiger charge is -2.34. The van der Waals surface area contributed by atoms with Gasteiger partial charge in [0.2, 0.25) is 5.91 Å². The molecule has 0 bridgehead atoms. The average Bonchev–Trinajstić information content (AvgIpc) is 3.31. The Labute approximate surface area is 182 Å². The molecule has 0 unspecified atom stereocenters. The van der Waals surface area contributed by atoms with E-state index in [0.717, 1.165) is 31.3 Å². The second-order valence-corrected chi connectivity index (χ2v) is 8.24. The highest BCUT2D eigenvalue weighted by molar-refractivity contribution is 6.06. The Morgan fingerprint density at radius 2 is 2.00 bits per heavy atom. The zero-order valence-electron chi connectivity index (χ0n) is 18.0. The number of aliphatic hydroxyl groups is 1. The molecule has 1 N–H and O–H groups in total. The van der Waals surface area contributed by atoms with Crippen molar-refractivity contribution < 1.29 is 19.4 Å². The second kappa shape index (κ2) is 9.72. The lowest BCUT2D eigenvalue weighted by Crippen LogP contribution is -2.46. The maximum Gasteiger partial charge on any atom is 0.254 e. The Morgan fingerprint density at radius 3 is 2.77 bits per heavy atom. The lowest BCUT2D eigenvalue weighted by molar-refractivity contribution is -0.140. The van der Waals surface area contributed by atoms with Crippen LogP contribution < -0.4 is 0 Å². The van der Waals surface area contributed by atoms with E-state index in [4.69, 9.17) is 9.72 Å². The number of ether oxygens (including phenoxy) is 1. The molecule has 2 aromatic rings. The van der Waals surface area contributed by atoms with Crippen LogP contribution in [0.25, 0.3) is 10.9 Å². The first-order valence-corrected chi connectivity index (χ1v) is 10.9. The number of hydrogen-bond acceptors (Lipinski definition) is 6. The molecule has 8 heteroatoms. The van der Waals surface area contributed by atoms with Gasteiger partial charge in [-0.2, -0.15) is 0 Å². The van der Waals surface area contributed by atoms with E-state index in [0.29, 0.717) is 43.0 Å². The number of morpholine rings is 1. The number of pyridine rings is 1. The van der Waals surface area contributed by atoms with Crippen molar-refractivity contribution in [2.75, 3.05) is 59.5 Å². The van der Waals surface area contributed by atoms with Crippen molar-refractivity contribution in [3.63, 3.8) is 0 Å². The quantitative estimate of drug-likeness (QED) is 0.749. The van der Waals surface area contributed by atoms with Crippen LogP contribution in [-0.4, -0.2) is 96.1 Å². The molecule has 2 saturated heterocycles. The molecule has 1 aromatic carbocycles. The highest BCUT2D eigenvalue weighted by atomic mass is 16.5. The molecule has 4 rings (SSSR count). The fraction of sp³-hybridized carbons (Fsp3) is 0.522. The van der Waals surface area contributed by atoms with Gasteiger partial charge < -0.3 is 19.6 Å². The number of likely N-dealkylation sites (N-methyl/N-ethyl adjacent to an activating group) is 1. The molecule has 2 aliphatic rings. The molecule has 0 saturated carbocycles. The van der Waals surface area contributed by atoms with E-state index in [9.17, 15) is 14.7 Å². The Bertz CT molecular complexity index is 944. The highest BCUT2D eigenvalue weighted by Gasteiger charge is 2.29. The zero-order valence-corrected chi connectivity index (χ0v) is 18.0. The average molecular weight is 427 g/mol. The molecule has 0 radical (unpaired) electrons. The monoisotopic (exact) mass is 426 g/mol. The molecule has 1 atom stereocenters. The molecule has 0 spiro atoms. The molecule has 3 heterocycles. The van der Waals surface area contributed by atoms with Gasteiger partial charge in [0.05, 0.1) is 43.1 Å². The van der Waals surface area contributed by atoms with Crippen LogP contribution in [0.15, 0.2) is 30.3 Å². The molecule has 2 fully saturated rings. The number of aromatic nitrogens is 1. The zero-order chi connectivity index (χ0) is 21.8. The minimum atomic E-state index is -0.379. The number of fused-ring (bicyclic) bond motifs is 1. The Kier molecular flexibility index (Phi) is 6.80. The van der Waals surface area contributed by atoms with Crippen LogP contribution in [0.3, 0.4) is 0 Å². The van der Waals surface area contributed by atoms with Crippen LogP contribution in [0.5, 0.6) is 0 Å². The summed E-state index contributed by atoms with van der Waals surface area (Å²) in [4.78, 5) is 36.1. The smallest absolute Gasteiger partial charge is 0.254 e. The standard InChI is InChI=1S/C23H30N4O4/c1-25(10-12-28)23(30)18-14-20(24-19-7-3-2-6-17(18)19)21-15-27(11-13-31-21)22(29)16-26-8-4-5-9-26/h2-3,6-7,14,21,28H,4-5,8-13,15-16H2,1H3/t21-/m1/s1. The number of carbonyl (C=O) groups is 2. The summed E-state index contributed by atoms with van der Waals surface area (Å²) in [6.45, 7) is 4.02. The third-order valence-electron chi connectivity index (χ3n) is 6.06. The van der Waals surface area contributed by atoms with Crippen LogP contribution in [0.4, 0.5) is 0 Å². The fourth-order valence-electron chi connectivity index (χ4n) is 4.28. The Balaban J connectivity index is 1.58. The van der Waals surface area contributed by atoms with E-state index in [1.54, 1.807) is 13.1 Å². The van der Waals surface area contributed by atoms with Gasteiger partial charge in [-0.3, -0.25) is 14.5 Å². The Hall–Kier alpha value is -2.55. The van der Waals surface area contributed by atoms with Crippen LogP contribution in [0, 0.1) is 0 Å². The molecule has 2 amide bonds. The van der Waals surface area contributed by atoms with Crippen LogP contribution in [0.2, 0.25) is 0 Å². The summed E-state index contributed by atoms with van der Waals surface area (Å²) in [5.41, 5.74) is 1.89. The maximum absolute atomic E-state index is 13.0. The van der Waals surface area contributed by atoms with E-state index in [-0.39, 0.29) is 31.1 Å². The van der Waals surface area contributed by atoms with E-state index in [1.165, 1.54) is 4.90 Å². The van der Waals surface area contributed by atoms with Crippen molar-refractivity contribution in [2.45, 2.75) is 18.9 Å². The van der Waals surface area contributed by atoms with Gasteiger partial charge >= 0.3 is 0 Å². The summed E-state index contributed by atoms with van der Waals surface area (Å²) >= 11 is 0. The van der Waals surface area contributed by atoms with Crippen molar-refractivity contribution in [1.29, 1.82) is 0 Å². The normalized spacial score (nSPS) is 19.7. The van der Waals surface area contributed by atoms with E-state index < -0.39 is 0 Å². The highest BCUT2D eigenvalue weighted by Crippen LogP contribution is 2.27. The predicted molar refractivity (Wildman–Crippen MR) is 117 cm³/mol. The number of rotatable bonds is 6. The summed E-state index contributed by atoms with van der Waals surface area (Å²) in [7, 11) is 1.67. The largest absolute Gasteiger partial charge is 0.395 e. The molecular weight excluding hydrogens is 396 g/mol. The molecule has 0 aliphatic carbocycles. The predicted octanol–water partition coefficient (Wildman–Crippen LogP) is 1.29. The number of para-hydroxylation sites is 1. The number of amides is 2. The van der Waals surface area contributed by atoms with Gasteiger partial charge in [0.1, 0.15) is 6.10 Å². The van der Waals surface area contributed by atoms with Crippen LogP contribution in [0.1, 0.15) is 35.0 Å². The summed E-state index contributed by atoms with van der Waals surface area (Å²) in [6, 6.07) is 9.29. The number of benzene rings is 1. The van der Waals surface area contributed by atoms with E-state index in [1.807, 2.05) is 29.2 Å². The van der Waals surface area contributed by atoms with Crippen molar-refractivity contribution in [3.05, 3.63) is 41.6 Å². The van der Waals surface area contributed by atoms with Crippen molar-refractivity contribution >= 4 is 22.7 Å². The molecule has 166 valence electrons. The number of hydrogen-bond donors (Lipinski definition) is 1. The molecule has 8 nitrogen and oxygen atoms in total. The number of likely N-dealkylation sites (tertiary alicyclic amines) is 1. The summed E-state index contributed by atoms with van der Waals surface area (Å²) in [5, 5.41) is 9.98. The number of carbonyl (C=O) groups excluding carboxylic acids is 2. The third-order valence-corrected chi connectivity index (χ3v) is 6.06. The first-order chi connectivity index (χ1) is 15.1. The number of nitrogens with zero attached hydrogens (tertiary/aromatic N) is 4. The van der Waals surface area contributed by atoms with Crippen LogP contribution >= 0.6 is 0 Å². The minimum Gasteiger partial charge on any atom is -0.395 e. The topological polar surface area (TPSA) is 86.2 Å². The molecule has 31 heavy (non-hydrogen) atoms. The van der Waals surface area contributed by atoms with Gasteiger partial charge in [-0.1, -0.05) is 18.2 Å². The van der Waals surface area contributed by atoms with Crippen molar-refractivity contribution in [3.8, 4) is 0 Å². The van der Waals surface area contributed by atoms with E-state index in [2.05, 4.69) is 4.90 Å². The molecule has 2 aliphatic heterocycles. The molecular formula is C23H30N4O4. The summed E-state index contributed by atoms with van der Waals surface area (Å²) in [5.74, 6) is -0.0540. The second-order valence-electron chi connectivity index (χ2n) is 8.24. The van der Waals surface area contributed by atoms with Crippen LogP contribution in [-0.2, 0) is 9.53 Å². The summed E-state index contributed by atoms with van der Waals surface area (Å²) in [6.07, 6.45) is 1.93. The van der Waals surface area contributed by atoms with Crippen molar-refractivity contribution in [1.82, 2.24) is 19.7 Å². The number of aliphatic hydroxyl groups excluding tert-OH is 1. The van der Waals surface area contributed by atoms with Gasteiger partial charge in [0, 0.05) is 25.5 Å². The lowest BCUT2D eigenvalue weighted by atomic mass is 10.0. The van der Waals surface area contributed by atoms with Gasteiger partial charge in [-0.15, -0.1) is 0 Å². The van der Waals surface area contributed by atoms with Crippen molar-refractivity contribution in [2.24, 2.45) is 0 Å². The minimum absolute atomic E-state index is 0.0993. The van der Waals surface area contributed by atoms with Gasteiger partial charge in [-0.05, 0) is 38.1 Å². The Morgan fingerprint density at radius 1 is 1.23 bits per heavy atom. The first-order valence-electron chi connectivity index (χ1n) is 10.9. The van der Waals surface area contributed by atoms with Gasteiger partial charge in [0.15, 0.2) is 0 Å². The summed E-state index contributed by atoms with van der Waals surface area (Å²) < 4.78 is 5.97. The van der Waals surface area contributed by atoms with Gasteiger partial charge in [0.25, 0.3) is 5.91 Å². The SMILES string of the molecule is CN(CCO)C(=O)c1cc([C@H]2CN(C(=O)CN3CCCC3)CCO2)nc2ccccc12. The van der Waals surface area contributed by atoms with E-state index >= 15 is 0 Å².